The van der Waals surface area contributed by atoms with Crippen LogP contribution in [0.2, 0.25) is 5.02 Å². The van der Waals surface area contributed by atoms with E-state index >= 15 is 0 Å². The molecule has 8 nitrogen and oxygen atoms in total. The van der Waals surface area contributed by atoms with Gasteiger partial charge in [0, 0.05) is 30.8 Å². The third-order valence-electron chi connectivity index (χ3n) is 5.96. The number of nitrogens with one attached hydrogen (secondary N) is 2. The zero-order valence-corrected chi connectivity index (χ0v) is 19.1. The summed E-state index contributed by atoms with van der Waals surface area (Å²) in [6, 6.07) is 10.8. The largest absolute Gasteiger partial charge is 0.456 e. The van der Waals surface area contributed by atoms with Crippen molar-refractivity contribution in [3.05, 3.63) is 64.6 Å². The first-order chi connectivity index (χ1) is 15.9. The number of anilines is 3. The van der Waals surface area contributed by atoms with Crippen LogP contribution in [-0.2, 0) is 12.0 Å². The fraction of sp³-hybridized carbons (Fsp3) is 0.292. The number of hydrogen-bond acceptors (Lipinski definition) is 7. The Balaban J connectivity index is 1.37. The van der Waals surface area contributed by atoms with Gasteiger partial charge in [0.15, 0.2) is 5.82 Å². The number of aromatic nitrogens is 2. The van der Waals surface area contributed by atoms with Crippen LogP contribution < -0.4 is 20.3 Å². The maximum Gasteiger partial charge on any atom is 0.252 e. The van der Waals surface area contributed by atoms with Crippen LogP contribution in [0.5, 0.6) is 11.5 Å². The lowest BCUT2D eigenvalue weighted by atomic mass is 9.94. The highest BCUT2D eigenvalue weighted by molar-refractivity contribution is 6.32. The monoisotopic (exact) mass is 465 g/mol. The van der Waals surface area contributed by atoms with Crippen LogP contribution in [0.25, 0.3) is 0 Å². The fourth-order valence-electron chi connectivity index (χ4n) is 4.36. The van der Waals surface area contributed by atoms with E-state index in [0.717, 1.165) is 35.6 Å². The van der Waals surface area contributed by atoms with Crippen molar-refractivity contribution >= 4 is 34.7 Å². The number of aliphatic hydroxyl groups is 1. The van der Waals surface area contributed by atoms with Crippen molar-refractivity contribution in [1.29, 1.82) is 0 Å². The minimum absolute atomic E-state index is 0.0652. The lowest BCUT2D eigenvalue weighted by molar-refractivity contribution is 0.0940. The molecule has 3 heterocycles. The van der Waals surface area contributed by atoms with Crippen molar-refractivity contribution in [3.63, 3.8) is 0 Å². The van der Waals surface area contributed by atoms with E-state index in [9.17, 15) is 9.90 Å². The summed E-state index contributed by atoms with van der Waals surface area (Å²) in [6.45, 7) is 5.31. The Hall–Kier alpha value is -3.36. The number of β-amino-alcohol motifs (C(OH)–C–C–N with tert-alkyl or cyclic N) is 1. The molecular weight excluding hydrogens is 442 g/mol. The van der Waals surface area contributed by atoms with Gasteiger partial charge in [0.2, 0.25) is 0 Å². The number of fused-ring (bicyclic) bond motifs is 2. The highest BCUT2D eigenvalue weighted by atomic mass is 35.5. The van der Waals surface area contributed by atoms with Gasteiger partial charge in [0.25, 0.3) is 5.91 Å². The summed E-state index contributed by atoms with van der Waals surface area (Å²) >= 11 is 6.53. The predicted octanol–water partition coefficient (Wildman–Crippen LogP) is 4.00. The van der Waals surface area contributed by atoms with Gasteiger partial charge in [-0.1, -0.05) is 11.6 Å². The van der Waals surface area contributed by atoms with E-state index in [0.29, 0.717) is 34.4 Å². The number of nitrogens with zero attached hydrogens (tertiary/aromatic N) is 3. The van der Waals surface area contributed by atoms with Gasteiger partial charge < -0.3 is 25.4 Å². The first-order valence-electron chi connectivity index (χ1n) is 10.8. The predicted molar refractivity (Wildman–Crippen MR) is 127 cm³/mol. The Morgan fingerprint density at radius 3 is 2.88 bits per heavy atom. The molecule has 0 saturated heterocycles. The molecule has 1 aromatic heterocycles. The molecule has 0 bridgehead atoms. The number of carbonyl (C=O) groups excluding carboxylic acids is 1. The summed E-state index contributed by atoms with van der Waals surface area (Å²) < 4.78 is 6.03. The Labute approximate surface area is 196 Å². The number of rotatable bonds is 6. The average molecular weight is 466 g/mol. The molecule has 0 saturated carbocycles. The minimum Gasteiger partial charge on any atom is -0.456 e. The molecular formula is C24H24ClN5O3. The molecule has 0 spiro atoms. The molecule has 3 aromatic rings. The molecule has 170 valence electrons. The summed E-state index contributed by atoms with van der Waals surface area (Å²) in [5.41, 5.74) is 3.72. The Morgan fingerprint density at radius 1 is 1.24 bits per heavy atom. The quantitative estimate of drug-likeness (QED) is 0.506. The van der Waals surface area contributed by atoms with Crippen molar-refractivity contribution in [3.8, 4) is 11.5 Å². The number of ether oxygens (including phenoxy) is 1. The number of amides is 1. The second-order valence-electron chi connectivity index (χ2n) is 8.64. The molecule has 2 aliphatic heterocycles. The minimum atomic E-state index is -0.453. The zero-order chi connectivity index (χ0) is 23.2. The molecule has 0 fully saturated rings. The topological polar surface area (TPSA) is 99.6 Å². The van der Waals surface area contributed by atoms with Gasteiger partial charge in [-0.3, -0.25) is 4.79 Å². The first kappa shape index (κ1) is 21.5. The first-order valence-corrected chi connectivity index (χ1v) is 11.1. The highest BCUT2D eigenvalue weighted by Gasteiger charge is 2.35. The molecule has 1 amide bonds. The molecule has 3 N–H and O–H groups in total. The molecule has 0 radical (unpaired) electrons. The van der Waals surface area contributed by atoms with Crippen LogP contribution in [0.1, 0.15) is 35.5 Å². The van der Waals surface area contributed by atoms with Crippen molar-refractivity contribution in [2.24, 2.45) is 0 Å². The third-order valence-corrected chi connectivity index (χ3v) is 6.26. The Kier molecular flexibility index (Phi) is 5.34. The van der Waals surface area contributed by atoms with E-state index in [1.54, 1.807) is 24.3 Å². The van der Waals surface area contributed by atoms with Gasteiger partial charge in [-0.15, -0.1) is 0 Å². The Morgan fingerprint density at radius 2 is 2.09 bits per heavy atom. The van der Waals surface area contributed by atoms with E-state index in [1.165, 1.54) is 6.33 Å². The molecule has 2 aliphatic rings. The number of halogens is 1. The molecule has 33 heavy (non-hydrogen) atoms. The Bertz CT molecular complexity index is 1240. The second-order valence-corrected chi connectivity index (χ2v) is 9.04. The van der Waals surface area contributed by atoms with Gasteiger partial charge in [0.05, 0.1) is 22.9 Å². The van der Waals surface area contributed by atoms with Crippen molar-refractivity contribution in [2.75, 3.05) is 29.9 Å². The van der Waals surface area contributed by atoms with Crippen LogP contribution >= 0.6 is 11.6 Å². The van der Waals surface area contributed by atoms with Crippen LogP contribution in [0.15, 0.2) is 42.7 Å². The van der Waals surface area contributed by atoms with Gasteiger partial charge >= 0.3 is 0 Å². The van der Waals surface area contributed by atoms with Crippen LogP contribution in [0, 0.1) is 0 Å². The van der Waals surface area contributed by atoms with Crippen LogP contribution in [-0.4, -0.2) is 40.7 Å². The molecule has 2 aromatic carbocycles. The van der Waals surface area contributed by atoms with E-state index < -0.39 is 5.54 Å². The van der Waals surface area contributed by atoms with Crippen molar-refractivity contribution < 1.29 is 14.6 Å². The second kappa shape index (κ2) is 8.20. The summed E-state index contributed by atoms with van der Waals surface area (Å²) in [5.74, 6) is 1.71. The fourth-order valence-corrected chi connectivity index (χ4v) is 4.58. The van der Waals surface area contributed by atoms with Crippen molar-refractivity contribution in [1.82, 2.24) is 15.3 Å². The summed E-state index contributed by atoms with van der Waals surface area (Å²) in [4.78, 5) is 23.0. The number of aliphatic hydroxyl groups excluding tert-OH is 1. The molecule has 0 unspecified atom stereocenters. The zero-order valence-electron chi connectivity index (χ0n) is 18.4. The van der Waals surface area contributed by atoms with Gasteiger partial charge in [-0.05, 0) is 55.8 Å². The molecule has 9 heteroatoms. The maximum absolute atomic E-state index is 12.1. The highest BCUT2D eigenvalue weighted by Crippen LogP contribution is 2.38. The van der Waals surface area contributed by atoms with E-state index in [-0.39, 0.29) is 12.5 Å². The normalized spacial score (nSPS) is 15.8. The summed E-state index contributed by atoms with van der Waals surface area (Å²) in [5, 5.41) is 16.1. The van der Waals surface area contributed by atoms with E-state index in [4.69, 9.17) is 16.3 Å². The molecule has 0 aliphatic carbocycles. The number of carbonyl (C=O) groups is 1. The van der Waals surface area contributed by atoms with E-state index in [1.807, 2.05) is 26.0 Å². The lowest BCUT2D eigenvalue weighted by Crippen LogP contribution is -2.32. The van der Waals surface area contributed by atoms with Crippen LogP contribution in [0.3, 0.4) is 0 Å². The SMILES string of the molecule is CC1(C)NC(=O)c2ccc(Oc3ccc(Nc4ncnc5c4N(CCO)CC5)cc3Cl)cc21. The van der Waals surface area contributed by atoms with Crippen LogP contribution in [0.4, 0.5) is 17.2 Å². The molecule has 5 rings (SSSR count). The summed E-state index contributed by atoms with van der Waals surface area (Å²) in [7, 11) is 0. The lowest BCUT2D eigenvalue weighted by Gasteiger charge is -2.20. The van der Waals surface area contributed by atoms with Gasteiger partial charge in [0.1, 0.15) is 23.5 Å². The number of benzene rings is 2. The third kappa shape index (κ3) is 3.96. The maximum atomic E-state index is 12.1. The number of hydrogen-bond donors (Lipinski definition) is 3. The smallest absolute Gasteiger partial charge is 0.252 e. The molecule has 0 atom stereocenters. The summed E-state index contributed by atoms with van der Waals surface area (Å²) in [6.07, 6.45) is 2.36. The van der Waals surface area contributed by atoms with Crippen molar-refractivity contribution in [2.45, 2.75) is 25.8 Å². The average Bonchev–Trinajstić information content (AvgIpc) is 3.29. The van der Waals surface area contributed by atoms with E-state index in [2.05, 4.69) is 25.5 Å². The van der Waals surface area contributed by atoms with Gasteiger partial charge in [-0.2, -0.15) is 0 Å². The standard InChI is InChI=1S/C24H24ClN5O3/c1-24(2)17-12-15(4-5-16(17)23(32)29-24)33-20-6-3-14(11-18(20)25)28-22-21-19(26-13-27-22)7-8-30(21)9-10-31/h3-6,11-13,31H,7-10H2,1-2H3,(H,29,32)(H,26,27,28). The van der Waals surface area contributed by atoms with Gasteiger partial charge in [-0.25, -0.2) is 9.97 Å².